The smallest absolute Gasteiger partial charge is 0.319 e. The molecule has 0 aromatic carbocycles. The van der Waals surface area contributed by atoms with Gasteiger partial charge in [0.15, 0.2) is 0 Å². The van der Waals surface area contributed by atoms with E-state index in [4.69, 9.17) is 5.11 Å². The quantitative estimate of drug-likeness (QED) is 0.858. The maximum atomic E-state index is 11.0. The van der Waals surface area contributed by atoms with Gasteiger partial charge in [-0.1, -0.05) is 0 Å². The number of carboxylic acids is 1. The third kappa shape index (κ3) is 2.40. The zero-order valence-electron chi connectivity index (χ0n) is 9.51. The second-order valence-electron chi connectivity index (χ2n) is 4.63. The van der Waals surface area contributed by atoms with E-state index in [1.807, 2.05) is 12.5 Å². The van der Waals surface area contributed by atoms with Crippen LogP contribution in [0.2, 0.25) is 0 Å². The number of carboxylic acid groups (broad SMARTS) is 1. The maximum absolute atomic E-state index is 11.0. The zero-order valence-corrected chi connectivity index (χ0v) is 10.3. The van der Waals surface area contributed by atoms with Gasteiger partial charge in [-0.3, -0.25) is 4.79 Å². The van der Waals surface area contributed by atoms with E-state index < -0.39 is 10.7 Å². The highest BCUT2D eigenvalue weighted by Gasteiger charge is 2.29. The van der Waals surface area contributed by atoms with E-state index in [2.05, 4.69) is 9.55 Å². The minimum Gasteiger partial charge on any atom is -0.480 e. The molecule has 0 amide bonds. The van der Waals surface area contributed by atoms with Crippen LogP contribution in [0.25, 0.3) is 0 Å². The molecule has 1 N–H and O–H groups in total. The fourth-order valence-corrected chi connectivity index (χ4v) is 2.30. The number of aromatic nitrogens is 2. The van der Waals surface area contributed by atoms with Gasteiger partial charge in [0.05, 0.1) is 6.33 Å². The molecule has 0 unspecified atom stereocenters. The molecule has 2 rings (SSSR count). The Morgan fingerprint density at radius 1 is 1.69 bits per heavy atom. The van der Waals surface area contributed by atoms with Crippen molar-refractivity contribution in [3.8, 4) is 0 Å². The lowest BCUT2D eigenvalue weighted by Crippen LogP contribution is -2.27. The van der Waals surface area contributed by atoms with Gasteiger partial charge in [-0.05, 0) is 26.7 Å². The zero-order chi connectivity index (χ0) is 11.8. The Balaban J connectivity index is 1.99. The molecule has 1 fully saturated rings. The highest BCUT2D eigenvalue weighted by molar-refractivity contribution is 8.00. The van der Waals surface area contributed by atoms with Gasteiger partial charge in [-0.25, -0.2) is 4.98 Å². The summed E-state index contributed by atoms with van der Waals surface area (Å²) in [6.45, 7) is 3.47. The first-order valence-corrected chi connectivity index (χ1v) is 6.37. The summed E-state index contributed by atoms with van der Waals surface area (Å²) in [7, 11) is 0. The largest absolute Gasteiger partial charge is 0.480 e. The Kier molecular flexibility index (Phi) is 2.97. The predicted octanol–water partition coefficient (Wildman–Crippen LogP) is 2.31. The standard InChI is InChI=1S/C11H16N2O2S/c1-11(2,10(14)15)16-6-9-5-12-7-13(9)8-3-4-8/h5,7-8H,3-4,6H2,1-2H3,(H,14,15). The normalized spacial score (nSPS) is 16.4. The molecule has 0 spiro atoms. The first-order valence-electron chi connectivity index (χ1n) is 5.39. The van der Waals surface area contributed by atoms with Crippen LogP contribution in [0.5, 0.6) is 0 Å². The molecule has 0 radical (unpaired) electrons. The minimum atomic E-state index is -0.769. The molecule has 1 aliphatic rings. The monoisotopic (exact) mass is 240 g/mol. The van der Waals surface area contributed by atoms with Gasteiger partial charge in [0.1, 0.15) is 4.75 Å². The van der Waals surface area contributed by atoms with E-state index in [1.165, 1.54) is 24.6 Å². The van der Waals surface area contributed by atoms with Crippen LogP contribution >= 0.6 is 11.8 Å². The molecule has 0 saturated heterocycles. The molecule has 0 bridgehead atoms. The van der Waals surface area contributed by atoms with Crippen LogP contribution in [0.15, 0.2) is 12.5 Å². The van der Waals surface area contributed by atoms with Crippen molar-refractivity contribution in [1.29, 1.82) is 0 Å². The SMILES string of the molecule is CC(C)(SCc1cncn1C1CC1)C(=O)O. The van der Waals surface area contributed by atoms with Crippen molar-refractivity contribution in [2.75, 3.05) is 0 Å². The van der Waals surface area contributed by atoms with E-state index in [0.29, 0.717) is 11.8 Å². The van der Waals surface area contributed by atoms with Gasteiger partial charge in [-0.2, -0.15) is 0 Å². The van der Waals surface area contributed by atoms with Gasteiger partial charge in [0, 0.05) is 23.7 Å². The van der Waals surface area contributed by atoms with E-state index in [0.717, 1.165) is 5.69 Å². The number of hydrogen-bond donors (Lipinski definition) is 1. The molecular formula is C11H16N2O2S. The third-order valence-corrected chi connectivity index (χ3v) is 4.12. The molecule has 1 aromatic rings. The Bertz CT molecular complexity index is 396. The highest BCUT2D eigenvalue weighted by Crippen LogP contribution is 2.37. The number of rotatable bonds is 5. The lowest BCUT2D eigenvalue weighted by atomic mass is 10.2. The molecular weight excluding hydrogens is 224 g/mol. The van der Waals surface area contributed by atoms with Crippen molar-refractivity contribution in [3.63, 3.8) is 0 Å². The molecule has 1 heterocycles. The van der Waals surface area contributed by atoms with E-state index in [-0.39, 0.29) is 0 Å². The number of carbonyl (C=O) groups is 1. The fraction of sp³-hybridized carbons (Fsp3) is 0.636. The second-order valence-corrected chi connectivity index (χ2v) is 6.23. The first-order chi connectivity index (χ1) is 7.50. The highest BCUT2D eigenvalue weighted by atomic mass is 32.2. The predicted molar refractivity (Wildman–Crippen MR) is 63.5 cm³/mol. The average Bonchev–Trinajstić information content (AvgIpc) is 2.95. The van der Waals surface area contributed by atoms with E-state index >= 15 is 0 Å². The lowest BCUT2D eigenvalue weighted by molar-refractivity contribution is -0.138. The Labute approximate surface area is 99.1 Å². The van der Waals surface area contributed by atoms with Gasteiger partial charge in [0.25, 0.3) is 0 Å². The average molecular weight is 240 g/mol. The van der Waals surface area contributed by atoms with Crippen LogP contribution in [0.4, 0.5) is 0 Å². The van der Waals surface area contributed by atoms with Crippen LogP contribution < -0.4 is 0 Å². The summed E-state index contributed by atoms with van der Waals surface area (Å²) in [5, 5.41) is 9.02. The molecule has 1 aliphatic carbocycles. The molecule has 1 saturated carbocycles. The summed E-state index contributed by atoms with van der Waals surface area (Å²) in [4.78, 5) is 15.1. The van der Waals surface area contributed by atoms with Gasteiger partial charge in [0.2, 0.25) is 0 Å². The fourth-order valence-electron chi connectivity index (χ4n) is 1.44. The van der Waals surface area contributed by atoms with Gasteiger partial charge < -0.3 is 9.67 Å². The number of imidazole rings is 1. The molecule has 4 nitrogen and oxygen atoms in total. The molecule has 5 heteroatoms. The van der Waals surface area contributed by atoms with Gasteiger partial charge >= 0.3 is 5.97 Å². The second kappa shape index (κ2) is 4.13. The number of nitrogens with zero attached hydrogens (tertiary/aromatic N) is 2. The Hall–Kier alpha value is -0.970. The van der Waals surface area contributed by atoms with Crippen LogP contribution in [0.1, 0.15) is 38.4 Å². The third-order valence-electron chi connectivity index (χ3n) is 2.78. The van der Waals surface area contributed by atoms with Crippen LogP contribution in [0, 0.1) is 0 Å². The maximum Gasteiger partial charge on any atom is 0.319 e. The molecule has 16 heavy (non-hydrogen) atoms. The molecule has 1 aromatic heterocycles. The molecule has 0 atom stereocenters. The van der Waals surface area contributed by atoms with E-state index in [1.54, 1.807) is 13.8 Å². The van der Waals surface area contributed by atoms with Crippen LogP contribution in [-0.2, 0) is 10.5 Å². The topological polar surface area (TPSA) is 55.1 Å². The van der Waals surface area contributed by atoms with Crippen molar-refractivity contribution < 1.29 is 9.90 Å². The Morgan fingerprint density at radius 2 is 2.38 bits per heavy atom. The van der Waals surface area contributed by atoms with Crippen LogP contribution in [-0.4, -0.2) is 25.4 Å². The number of hydrogen-bond acceptors (Lipinski definition) is 3. The summed E-state index contributed by atoms with van der Waals surface area (Å²) in [5.74, 6) is -0.0644. The summed E-state index contributed by atoms with van der Waals surface area (Å²) in [6.07, 6.45) is 6.12. The van der Waals surface area contributed by atoms with Crippen molar-refractivity contribution in [2.45, 2.75) is 43.2 Å². The first kappa shape index (κ1) is 11.5. The van der Waals surface area contributed by atoms with Crippen LogP contribution in [0.3, 0.4) is 0 Å². The summed E-state index contributed by atoms with van der Waals surface area (Å²) >= 11 is 1.44. The Morgan fingerprint density at radius 3 is 2.94 bits per heavy atom. The van der Waals surface area contributed by atoms with E-state index in [9.17, 15) is 4.79 Å². The van der Waals surface area contributed by atoms with Crippen molar-refractivity contribution in [1.82, 2.24) is 9.55 Å². The number of thioether (sulfide) groups is 1. The molecule has 0 aliphatic heterocycles. The summed E-state index contributed by atoms with van der Waals surface area (Å²) in [5.41, 5.74) is 1.13. The summed E-state index contributed by atoms with van der Waals surface area (Å²) in [6, 6.07) is 0.603. The summed E-state index contributed by atoms with van der Waals surface area (Å²) < 4.78 is 1.43. The molecule has 88 valence electrons. The number of aliphatic carboxylic acids is 1. The van der Waals surface area contributed by atoms with Crippen molar-refractivity contribution in [3.05, 3.63) is 18.2 Å². The minimum absolute atomic E-state index is 0.603. The lowest BCUT2D eigenvalue weighted by Gasteiger charge is -2.18. The van der Waals surface area contributed by atoms with Crippen molar-refractivity contribution >= 4 is 17.7 Å². The van der Waals surface area contributed by atoms with Crippen molar-refractivity contribution in [2.24, 2.45) is 0 Å². The van der Waals surface area contributed by atoms with Gasteiger partial charge in [-0.15, -0.1) is 11.8 Å².